The summed E-state index contributed by atoms with van der Waals surface area (Å²) in [5.41, 5.74) is 3.94. The van der Waals surface area contributed by atoms with Crippen molar-refractivity contribution in [2.24, 2.45) is 11.8 Å². The number of carbonyl (C=O) groups excluding carboxylic acids is 2. The Hall–Kier alpha value is -3.22. The van der Waals surface area contributed by atoms with Gasteiger partial charge >= 0.3 is 11.9 Å². The first kappa shape index (κ1) is 31.2. The van der Waals surface area contributed by atoms with Crippen molar-refractivity contribution in [3.05, 3.63) is 96.1 Å². The van der Waals surface area contributed by atoms with E-state index >= 15 is 0 Å². The molecule has 1 saturated heterocycles. The number of rotatable bonds is 11. The second-order valence-corrected chi connectivity index (χ2v) is 18.5. The third kappa shape index (κ3) is 7.47. The summed E-state index contributed by atoms with van der Waals surface area (Å²) in [6, 6.07) is 28.3. The summed E-state index contributed by atoms with van der Waals surface area (Å²) < 4.78 is 18.7. The average molecular weight is 599 g/mol. The quantitative estimate of drug-likeness (QED) is 0.125. The second kappa shape index (κ2) is 13.2. The summed E-state index contributed by atoms with van der Waals surface area (Å²) in [7, 11) is -1.96. The van der Waals surface area contributed by atoms with Gasteiger partial charge in [-0.05, 0) is 59.8 Å². The highest BCUT2D eigenvalue weighted by Gasteiger charge is 2.51. The maximum atomic E-state index is 13.2. The first-order valence-corrected chi connectivity index (χ1v) is 18.7. The van der Waals surface area contributed by atoms with Crippen LogP contribution in [0.3, 0.4) is 0 Å². The number of hydrogen-bond donors (Lipinski definition) is 0. The zero-order chi connectivity index (χ0) is 30.6. The highest BCUT2D eigenvalue weighted by molar-refractivity contribution is 6.74. The summed E-state index contributed by atoms with van der Waals surface area (Å²) >= 11 is 0. The number of benzene rings is 3. The molecular formula is C37H46O5Si. The fraction of sp³-hybridized carbons (Fsp3) is 0.459. The Morgan fingerprint density at radius 1 is 0.907 bits per heavy atom. The van der Waals surface area contributed by atoms with E-state index in [1.165, 1.54) is 5.56 Å². The molecule has 228 valence electrons. The van der Waals surface area contributed by atoms with Crippen LogP contribution < -0.4 is 0 Å². The van der Waals surface area contributed by atoms with E-state index in [0.29, 0.717) is 18.4 Å². The molecule has 6 heteroatoms. The minimum Gasteiger partial charge on any atom is -0.462 e. The normalized spacial score (nSPS) is 22.6. The number of fused-ring (bicyclic) bond motifs is 1. The molecule has 1 heterocycles. The van der Waals surface area contributed by atoms with Crippen molar-refractivity contribution in [3.8, 4) is 11.1 Å². The van der Waals surface area contributed by atoms with Crippen LogP contribution in [0.15, 0.2) is 84.9 Å². The second-order valence-electron chi connectivity index (χ2n) is 13.7. The van der Waals surface area contributed by atoms with Crippen molar-refractivity contribution in [1.29, 1.82) is 0 Å². The Morgan fingerprint density at radius 2 is 1.53 bits per heavy atom. The van der Waals surface area contributed by atoms with Gasteiger partial charge in [0.25, 0.3) is 0 Å². The number of unbranched alkanes of at least 4 members (excludes halogenated alkanes) is 1. The van der Waals surface area contributed by atoms with Crippen molar-refractivity contribution >= 4 is 20.3 Å². The van der Waals surface area contributed by atoms with E-state index in [1.54, 1.807) is 0 Å². The Morgan fingerprint density at radius 3 is 2.19 bits per heavy atom. The van der Waals surface area contributed by atoms with Crippen molar-refractivity contribution < 1.29 is 23.5 Å². The van der Waals surface area contributed by atoms with E-state index in [2.05, 4.69) is 70.3 Å². The zero-order valence-corrected chi connectivity index (χ0v) is 27.3. The maximum Gasteiger partial charge on any atom is 0.338 e. The van der Waals surface area contributed by atoms with Gasteiger partial charge in [-0.25, -0.2) is 4.79 Å². The number of ether oxygens (including phenoxy) is 2. The molecule has 3 aromatic rings. The molecule has 0 amide bonds. The largest absolute Gasteiger partial charge is 0.462 e. The third-order valence-electron chi connectivity index (χ3n) is 9.81. The van der Waals surface area contributed by atoms with Gasteiger partial charge in [0, 0.05) is 18.3 Å². The van der Waals surface area contributed by atoms with Gasteiger partial charge in [0.15, 0.2) is 8.32 Å². The van der Waals surface area contributed by atoms with E-state index in [-0.39, 0.29) is 47.1 Å². The van der Waals surface area contributed by atoms with Gasteiger partial charge in [-0.1, -0.05) is 106 Å². The van der Waals surface area contributed by atoms with Crippen LogP contribution >= 0.6 is 0 Å². The average Bonchev–Trinajstić information content (AvgIpc) is 3.50. The molecule has 5 nitrogen and oxygen atoms in total. The summed E-state index contributed by atoms with van der Waals surface area (Å²) in [5.74, 6) is -0.222. The molecule has 2 fully saturated rings. The van der Waals surface area contributed by atoms with Gasteiger partial charge < -0.3 is 13.9 Å². The molecule has 0 aromatic heterocycles. The van der Waals surface area contributed by atoms with Crippen molar-refractivity contribution in [1.82, 2.24) is 0 Å². The lowest BCUT2D eigenvalue weighted by atomic mass is 9.87. The molecule has 5 rings (SSSR count). The standard InChI is InChI=1S/C37H46O5Si/c1-37(2,3)43(4,5)42-32(28-16-10-7-11-17-28)19-13-12-18-30-31-24-35(38)40-34(31)25-33(30)41-36(39)29-22-20-27(21-23-29)26-14-8-6-9-15-26/h6-11,14-17,20-23,30-34H,12-13,18-19,24-25H2,1-5H3/t30-,31-,32?,33-,34+/m1/s1. The molecule has 1 aliphatic carbocycles. The highest BCUT2D eigenvalue weighted by atomic mass is 28.4. The fourth-order valence-corrected chi connectivity index (χ4v) is 7.65. The van der Waals surface area contributed by atoms with Crippen molar-refractivity contribution in [2.75, 3.05) is 0 Å². The Balaban J connectivity index is 1.22. The van der Waals surface area contributed by atoms with Crippen LogP contribution in [0.25, 0.3) is 11.1 Å². The minimum atomic E-state index is -1.96. The smallest absolute Gasteiger partial charge is 0.338 e. The lowest BCUT2D eigenvalue weighted by Crippen LogP contribution is -2.41. The predicted octanol–water partition coefficient (Wildman–Crippen LogP) is 9.15. The van der Waals surface area contributed by atoms with E-state index in [0.717, 1.165) is 36.8 Å². The summed E-state index contributed by atoms with van der Waals surface area (Å²) in [5, 5.41) is 0.132. The first-order chi connectivity index (χ1) is 20.5. The Bertz CT molecular complexity index is 1360. The molecule has 1 unspecified atom stereocenters. The number of esters is 2. The van der Waals surface area contributed by atoms with E-state index < -0.39 is 8.32 Å². The SMILES string of the molecule is CC(C)(C)[Si](C)(C)OC(CCCC[C@@H]1[C@H]2CC(=O)O[C@H]2C[C@H]1OC(=O)c1ccc(-c2ccccc2)cc1)c1ccccc1. The molecule has 0 N–H and O–H groups in total. The highest BCUT2D eigenvalue weighted by Crippen LogP contribution is 2.46. The maximum absolute atomic E-state index is 13.2. The number of hydrogen-bond acceptors (Lipinski definition) is 5. The van der Waals surface area contributed by atoms with Gasteiger partial charge in [0.2, 0.25) is 0 Å². The monoisotopic (exact) mass is 598 g/mol. The van der Waals surface area contributed by atoms with Crippen molar-refractivity contribution in [3.63, 3.8) is 0 Å². The molecule has 5 atom stereocenters. The summed E-state index contributed by atoms with van der Waals surface area (Å²) in [6.07, 6.45) is 4.45. The molecule has 0 spiro atoms. The topological polar surface area (TPSA) is 61.8 Å². The van der Waals surface area contributed by atoms with Crippen LogP contribution in [0.5, 0.6) is 0 Å². The van der Waals surface area contributed by atoms with Crippen LogP contribution in [0.4, 0.5) is 0 Å². The Kier molecular flexibility index (Phi) is 9.57. The van der Waals surface area contributed by atoms with E-state index in [9.17, 15) is 9.59 Å². The molecule has 43 heavy (non-hydrogen) atoms. The molecule has 3 aromatic carbocycles. The molecule has 1 saturated carbocycles. The zero-order valence-electron chi connectivity index (χ0n) is 26.3. The van der Waals surface area contributed by atoms with E-state index in [1.807, 2.05) is 48.5 Å². The van der Waals surface area contributed by atoms with E-state index in [4.69, 9.17) is 13.9 Å². The van der Waals surface area contributed by atoms with Gasteiger partial charge in [-0.3, -0.25) is 4.79 Å². The number of carbonyl (C=O) groups is 2. The predicted molar refractivity (Wildman–Crippen MR) is 173 cm³/mol. The molecule has 1 aliphatic heterocycles. The molecule has 2 aliphatic rings. The molecule has 0 radical (unpaired) electrons. The lowest BCUT2D eigenvalue weighted by molar-refractivity contribution is -0.141. The van der Waals surface area contributed by atoms with Crippen LogP contribution in [0, 0.1) is 11.8 Å². The van der Waals surface area contributed by atoms with Gasteiger partial charge in [-0.15, -0.1) is 0 Å². The van der Waals surface area contributed by atoms with Gasteiger partial charge in [0.05, 0.1) is 18.1 Å². The summed E-state index contributed by atoms with van der Waals surface area (Å²) in [6.45, 7) is 11.5. The Labute approximate surface area is 258 Å². The van der Waals surface area contributed by atoms with Crippen LogP contribution in [-0.2, 0) is 18.7 Å². The van der Waals surface area contributed by atoms with Crippen molar-refractivity contribution in [2.45, 2.75) is 95.7 Å². The first-order valence-electron chi connectivity index (χ1n) is 15.8. The van der Waals surface area contributed by atoms with Crippen LogP contribution in [0.2, 0.25) is 18.1 Å². The summed E-state index contributed by atoms with van der Waals surface area (Å²) in [4.78, 5) is 25.4. The minimum absolute atomic E-state index is 0.0577. The van der Waals surface area contributed by atoms with Gasteiger partial charge in [-0.2, -0.15) is 0 Å². The third-order valence-corrected chi connectivity index (χ3v) is 14.3. The van der Waals surface area contributed by atoms with Crippen LogP contribution in [-0.4, -0.2) is 32.5 Å². The molecular weight excluding hydrogens is 552 g/mol. The molecule has 0 bridgehead atoms. The fourth-order valence-electron chi connectivity index (χ4n) is 6.33. The van der Waals surface area contributed by atoms with Gasteiger partial charge in [0.1, 0.15) is 12.2 Å². The lowest BCUT2D eigenvalue weighted by Gasteiger charge is -2.39. The van der Waals surface area contributed by atoms with Crippen LogP contribution in [0.1, 0.15) is 81.3 Å².